The number of hydrogen-bond donors (Lipinski definition) is 1. The standard InChI is InChI=1S/C18H36N4S/c1-4-17-15-22(13-14-23-17)18(19-3)20-9-5-6-10-21-11-7-16(2)8-12-21/h16-17H,4-15H2,1-3H3,(H,19,20). The van der Waals surface area contributed by atoms with Gasteiger partial charge in [-0.1, -0.05) is 13.8 Å². The molecule has 134 valence electrons. The lowest BCUT2D eigenvalue weighted by Gasteiger charge is -2.34. The highest BCUT2D eigenvalue weighted by Gasteiger charge is 2.21. The molecule has 0 saturated carbocycles. The Morgan fingerprint density at radius 3 is 2.70 bits per heavy atom. The summed E-state index contributed by atoms with van der Waals surface area (Å²) in [5.41, 5.74) is 0. The third kappa shape index (κ3) is 6.54. The maximum absolute atomic E-state index is 4.49. The third-order valence-electron chi connectivity index (χ3n) is 5.17. The van der Waals surface area contributed by atoms with Crippen molar-refractivity contribution in [2.24, 2.45) is 10.9 Å². The number of aliphatic imine (C=N–C) groups is 1. The van der Waals surface area contributed by atoms with Crippen LogP contribution in [0.1, 0.15) is 46.0 Å². The third-order valence-corrected chi connectivity index (χ3v) is 6.54. The molecule has 1 N–H and O–H groups in total. The molecule has 0 aromatic rings. The van der Waals surface area contributed by atoms with E-state index in [1.807, 2.05) is 7.05 Å². The van der Waals surface area contributed by atoms with Crippen molar-refractivity contribution in [2.75, 3.05) is 52.1 Å². The van der Waals surface area contributed by atoms with E-state index in [1.165, 1.54) is 57.5 Å². The first-order valence-corrected chi connectivity index (χ1v) is 10.6. The molecular weight excluding hydrogens is 304 g/mol. The molecule has 2 aliphatic rings. The zero-order chi connectivity index (χ0) is 16.5. The van der Waals surface area contributed by atoms with E-state index < -0.39 is 0 Å². The summed E-state index contributed by atoms with van der Waals surface area (Å²) in [7, 11) is 1.92. The van der Waals surface area contributed by atoms with E-state index in [9.17, 15) is 0 Å². The summed E-state index contributed by atoms with van der Waals surface area (Å²) in [5.74, 6) is 3.27. The van der Waals surface area contributed by atoms with Gasteiger partial charge in [0.2, 0.25) is 0 Å². The summed E-state index contributed by atoms with van der Waals surface area (Å²) >= 11 is 2.11. The lowest BCUT2D eigenvalue weighted by Crippen LogP contribution is -2.48. The van der Waals surface area contributed by atoms with Crippen LogP contribution >= 0.6 is 11.8 Å². The van der Waals surface area contributed by atoms with E-state index >= 15 is 0 Å². The van der Waals surface area contributed by atoms with Crippen LogP contribution in [0.5, 0.6) is 0 Å². The van der Waals surface area contributed by atoms with Crippen LogP contribution in [0.3, 0.4) is 0 Å². The number of unbranched alkanes of at least 4 members (excludes halogenated alkanes) is 1. The number of guanidine groups is 1. The van der Waals surface area contributed by atoms with Crippen molar-refractivity contribution in [2.45, 2.75) is 51.2 Å². The molecule has 0 aromatic carbocycles. The summed E-state index contributed by atoms with van der Waals surface area (Å²) in [5, 5.41) is 4.34. The van der Waals surface area contributed by atoms with Crippen LogP contribution in [-0.4, -0.2) is 73.1 Å². The molecule has 2 heterocycles. The van der Waals surface area contributed by atoms with Gasteiger partial charge in [0.25, 0.3) is 0 Å². The van der Waals surface area contributed by atoms with E-state index in [0.717, 1.165) is 36.8 Å². The highest BCUT2D eigenvalue weighted by Crippen LogP contribution is 2.21. The van der Waals surface area contributed by atoms with Gasteiger partial charge >= 0.3 is 0 Å². The second-order valence-corrected chi connectivity index (χ2v) is 8.46. The Labute approximate surface area is 147 Å². The summed E-state index contributed by atoms with van der Waals surface area (Å²) in [6.45, 7) is 11.9. The molecule has 1 atom stereocenters. The Morgan fingerprint density at radius 2 is 2.00 bits per heavy atom. The molecule has 0 aromatic heterocycles. The zero-order valence-electron chi connectivity index (χ0n) is 15.4. The second kappa shape index (κ2) is 10.4. The molecule has 5 heteroatoms. The van der Waals surface area contributed by atoms with E-state index in [-0.39, 0.29) is 0 Å². The van der Waals surface area contributed by atoms with Crippen LogP contribution in [0.2, 0.25) is 0 Å². The van der Waals surface area contributed by atoms with Crippen molar-refractivity contribution < 1.29 is 0 Å². The number of rotatable bonds is 6. The predicted molar refractivity (Wildman–Crippen MR) is 104 cm³/mol. The maximum atomic E-state index is 4.49. The van der Waals surface area contributed by atoms with Crippen LogP contribution in [0, 0.1) is 5.92 Å². The topological polar surface area (TPSA) is 30.9 Å². The van der Waals surface area contributed by atoms with Gasteiger partial charge in [-0.2, -0.15) is 11.8 Å². The van der Waals surface area contributed by atoms with Crippen molar-refractivity contribution in [1.82, 2.24) is 15.1 Å². The van der Waals surface area contributed by atoms with Gasteiger partial charge in [-0.25, -0.2) is 0 Å². The van der Waals surface area contributed by atoms with E-state index in [1.54, 1.807) is 0 Å². The van der Waals surface area contributed by atoms with E-state index in [0.29, 0.717) is 0 Å². The Hall–Kier alpha value is -0.420. The van der Waals surface area contributed by atoms with Crippen molar-refractivity contribution in [3.63, 3.8) is 0 Å². The number of thioether (sulfide) groups is 1. The molecule has 23 heavy (non-hydrogen) atoms. The summed E-state index contributed by atoms with van der Waals surface area (Å²) in [6, 6.07) is 0. The highest BCUT2D eigenvalue weighted by molar-refractivity contribution is 8.00. The molecule has 0 bridgehead atoms. The number of likely N-dealkylation sites (tertiary alicyclic amines) is 1. The Morgan fingerprint density at radius 1 is 1.22 bits per heavy atom. The minimum absolute atomic E-state index is 0.767. The average molecular weight is 341 g/mol. The molecule has 0 spiro atoms. The first-order chi connectivity index (χ1) is 11.2. The van der Waals surface area contributed by atoms with Gasteiger partial charge in [0.1, 0.15) is 0 Å². The van der Waals surface area contributed by atoms with Crippen LogP contribution in [0.15, 0.2) is 4.99 Å². The number of piperidine rings is 1. The Bertz CT molecular complexity index is 353. The summed E-state index contributed by atoms with van der Waals surface area (Å²) in [6.07, 6.45) is 6.57. The number of nitrogens with zero attached hydrogens (tertiary/aromatic N) is 3. The zero-order valence-corrected chi connectivity index (χ0v) is 16.2. The maximum Gasteiger partial charge on any atom is 0.193 e. The molecule has 2 rings (SSSR count). The van der Waals surface area contributed by atoms with E-state index in [2.05, 4.69) is 45.7 Å². The molecular formula is C18H36N4S. The van der Waals surface area contributed by atoms with Gasteiger partial charge < -0.3 is 15.1 Å². The minimum Gasteiger partial charge on any atom is -0.356 e. The minimum atomic E-state index is 0.767. The van der Waals surface area contributed by atoms with Crippen LogP contribution in [-0.2, 0) is 0 Å². The molecule has 0 aliphatic carbocycles. The SMILES string of the molecule is CCC1CN(C(=NC)NCCCCN2CCC(C)CC2)CCS1. The Balaban J connectivity index is 1.58. The van der Waals surface area contributed by atoms with Crippen molar-refractivity contribution in [3.8, 4) is 0 Å². The molecule has 2 aliphatic heterocycles. The van der Waals surface area contributed by atoms with Gasteiger partial charge in [0.15, 0.2) is 5.96 Å². The van der Waals surface area contributed by atoms with Crippen molar-refractivity contribution in [3.05, 3.63) is 0 Å². The summed E-state index contributed by atoms with van der Waals surface area (Å²) < 4.78 is 0. The van der Waals surface area contributed by atoms with Gasteiger partial charge in [0.05, 0.1) is 0 Å². The highest BCUT2D eigenvalue weighted by atomic mass is 32.2. The first kappa shape index (κ1) is 18.9. The lowest BCUT2D eigenvalue weighted by atomic mass is 9.99. The fourth-order valence-electron chi connectivity index (χ4n) is 3.44. The summed E-state index contributed by atoms with van der Waals surface area (Å²) in [4.78, 5) is 9.57. The first-order valence-electron chi connectivity index (χ1n) is 9.52. The van der Waals surface area contributed by atoms with Crippen LogP contribution in [0.4, 0.5) is 0 Å². The number of nitrogens with one attached hydrogen (secondary N) is 1. The van der Waals surface area contributed by atoms with Gasteiger partial charge in [-0.3, -0.25) is 4.99 Å². The fourth-order valence-corrected chi connectivity index (χ4v) is 4.62. The average Bonchev–Trinajstić information content (AvgIpc) is 2.59. The molecule has 0 radical (unpaired) electrons. The normalized spacial score (nSPS) is 24.9. The largest absolute Gasteiger partial charge is 0.356 e. The van der Waals surface area contributed by atoms with Gasteiger partial charge in [-0.15, -0.1) is 0 Å². The molecule has 4 nitrogen and oxygen atoms in total. The second-order valence-electron chi connectivity index (χ2n) is 7.05. The van der Waals surface area contributed by atoms with Crippen LogP contribution < -0.4 is 5.32 Å². The van der Waals surface area contributed by atoms with Crippen LogP contribution in [0.25, 0.3) is 0 Å². The number of hydrogen-bond acceptors (Lipinski definition) is 3. The van der Waals surface area contributed by atoms with Gasteiger partial charge in [0, 0.05) is 37.7 Å². The monoisotopic (exact) mass is 340 g/mol. The quantitative estimate of drug-likeness (QED) is 0.458. The molecule has 1 unspecified atom stereocenters. The smallest absolute Gasteiger partial charge is 0.193 e. The molecule has 2 saturated heterocycles. The van der Waals surface area contributed by atoms with Crippen molar-refractivity contribution >= 4 is 17.7 Å². The molecule has 2 fully saturated rings. The fraction of sp³-hybridized carbons (Fsp3) is 0.944. The lowest BCUT2D eigenvalue weighted by molar-refractivity contribution is 0.189. The predicted octanol–water partition coefficient (Wildman–Crippen LogP) is 2.90. The Kier molecular flexibility index (Phi) is 8.59. The molecule has 0 amide bonds. The van der Waals surface area contributed by atoms with Gasteiger partial charge in [-0.05, 0) is 57.7 Å². The van der Waals surface area contributed by atoms with E-state index in [4.69, 9.17) is 0 Å². The van der Waals surface area contributed by atoms with Crippen molar-refractivity contribution in [1.29, 1.82) is 0 Å².